The molecule has 0 saturated carbocycles. The van der Waals surface area contributed by atoms with Gasteiger partial charge in [0.15, 0.2) is 0 Å². The van der Waals surface area contributed by atoms with Crippen molar-refractivity contribution in [2.45, 2.75) is 24.9 Å². The molecule has 1 aliphatic carbocycles. The zero-order chi connectivity index (χ0) is 28.4. The number of hydrogen-bond donors (Lipinski definition) is 1. The summed E-state index contributed by atoms with van der Waals surface area (Å²) in [7, 11) is 0. The fourth-order valence-electron chi connectivity index (χ4n) is 4.83. The standard InChI is InChI=1S/C30H20Cl2F3N3O2/c1-36-27-26-19(14-23(21-4-2-3-5-22(21)26)18-8-11-24(31)25(32)15-18)16-37-28(27)38-29(39)40-13-12-17-6-9-20(10-7-17)30(33,34)35/h2-11,15-16,23H,12-14H2,(H,37,38,39). The van der Waals surface area contributed by atoms with E-state index in [9.17, 15) is 18.0 Å². The van der Waals surface area contributed by atoms with E-state index in [1.807, 2.05) is 36.4 Å². The molecule has 10 heteroatoms. The van der Waals surface area contributed by atoms with Crippen molar-refractivity contribution >= 4 is 40.8 Å². The second-order valence-electron chi connectivity index (χ2n) is 9.19. The van der Waals surface area contributed by atoms with Crippen molar-refractivity contribution in [2.75, 3.05) is 11.9 Å². The van der Waals surface area contributed by atoms with E-state index in [2.05, 4.69) is 15.1 Å². The first-order valence-electron chi connectivity index (χ1n) is 12.2. The highest BCUT2D eigenvalue weighted by Crippen LogP contribution is 2.48. The van der Waals surface area contributed by atoms with E-state index >= 15 is 0 Å². The largest absolute Gasteiger partial charge is 0.449 e. The first-order chi connectivity index (χ1) is 19.2. The molecule has 1 N–H and O–H groups in total. The number of fused-ring (bicyclic) bond motifs is 3. The monoisotopic (exact) mass is 581 g/mol. The zero-order valence-electron chi connectivity index (χ0n) is 20.7. The number of pyridine rings is 1. The zero-order valence-corrected chi connectivity index (χ0v) is 22.2. The molecule has 3 aromatic carbocycles. The van der Waals surface area contributed by atoms with Gasteiger partial charge in [-0.05, 0) is 64.1 Å². The van der Waals surface area contributed by atoms with Crippen molar-refractivity contribution in [2.24, 2.45) is 0 Å². The molecule has 1 atom stereocenters. The predicted molar refractivity (Wildman–Crippen MR) is 148 cm³/mol. The Morgan fingerprint density at radius 2 is 1.82 bits per heavy atom. The van der Waals surface area contributed by atoms with Crippen LogP contribution in [-0.2, 0) is 23.8 Å². The Balaban J connectivity index is 1.34. The second-order valence-corrected chi connectivity index (χ2v) is 10.0. The number of carbonyl (C=O) groups excluding carboxylic acids is 1. The highest BCUT2D eigenvalue weighted by molar-refractivity contribution is 6.42. The fourth-order valence-corrected chi connectivity index (χ4v) is 5.14. The van der Waals surface area contributed by atoms with Crippen LogP contribution < -0.4 is 5.32 Å². The number of nitrogens with one attached hydrogen (secondary N) is 1. The molecule has 0 fully saturated rings. The molecule has 0 radical (unpaired) electrons. The highest BCUT2D eigenvalue weighted by atomic mass is 35.5. The predicted octanol–water partition coefficient (Wildman–Crippen LogP) is 9.10. The maximum atomic E-state index is 12.7. The van der Waals surface area contributed by atoms with Gasteiger partial charge in [-0.1, -0.05) is 65.7 Å². The third kappa shape index (κ3) is 5.62. The molecule has 5 nitrogen and oxygen atoms in total. The maximum Gasteiger partial charge on any atom is 0.416 e. The van der Waals surface area contributed by atoms with Crippen molar-refractivity contribution in [1.82, 2.24) is 4.98 Å². The van der Waals surface area contributed by atoms with Crippen LogP contribution in [0.15, 0.2) is 72.9 Å². The average molecular weight is 582 g/mol. The van der Waals surface area contributed by atoms with E-state index < -0.39 is 17.8 Å². The quantitative estimate of drug-likeness (QED) is 0.239. The van der Waals surface area contributed by atoms with Crippen LogP contribution in [-0.4, -0.2) is 17.7 Å². The number of rotatable bonds is 5. The summed E-state index contributed by atoms with van der Waals surface area (Å²) in [4.78, 5) is 20.6. The fraction of sp³-hybridized carbons (Fsp3) is 0.167. The summed E-state index contributed by atoms with van der Waals surface area (Å²) in [6.45, 7) is 7.80. The number of halogens is 5. The van der Waals surface area contributed by atoms with Gasteiger partial charge in [-0.15, -0.1) is 0 Å². The van der Waals surface area contributed by atoms with E-state index in [4.69, 9.17) is 34.5 Å². The van der Waals surface area contributed by atoms with Gasteiger partial charge in [0.05, 0.1) is 28.8 Å². The van der Waals surface area contributed by atoms with Crippen LogP contribution in [0.1, 0.15) is 33.7 Å². The number of alkyl halides is 3. The molecule has 40 heavy (non-hydrogen) atoms. The summed E-state index contributed by atoms with van der Waals surface area (Å²) in [5.74, 6) is 0.0314. The van der Waals surface area contributed by atoms with Crippen LogP contribution >= 0.6 is 23.2 Å². The second kappa shape index (κ2) is 11.2. The van der Waals surface area contributed by atoms with Gasteiger partial charge < -0.3 is 4.74 Å². The Labute approximate surface area is 238 Å². The lowest BCUT2D eigenvalue weighted by Crippen LogP contribution is -2.18. The normalized spacial score (nSPS) is 14.1. The minimum atomic E-state index is -4.41. The summed E-state index contributed by atoms with van der Waals surface area (Å²) in [5, 5.41) is 3.47. The van der Waals surface area contributed by atoms with Crippen LogP contribution in [0.25, 0.3) is 16.0 Å². The summed E-state index contributed by atoms with van der Waals surface area (Å²) >= 11 is 12.4. The van der Waals surface area contributed by atoms with Crippen molar-refractivity contribution in [3.8, 4) is 11.1 Å². The number of carbonyl (C=O) groups is 1. The van der Waals surface area contributed by atoms with Crippen molar-refractivity contribution in [3.63, 3.8) is 0 Å². The first-order valence-corrected chi connectivity index (χ1v) is 12.9. The molecule has 1 aromatic heterocycles. The summed E-state index contributed by atoms with van der Waals surface area (Å²) in [5.41, 5.74) is 4.42. The summed E-state index contributed by atoms with van der Waals surface area (Å²) in [6.07, 6.45) is -2.80. The van der Waals surface area contributed by atoms with Gasteiger partial charge in [-0.2, -0.15) is 13.2 Å². The molecular weight excluding hydrogens is 562 g/mol. The molecule has 1 aliphatic rings. The maximum absolute atomic E-state index is 12.7. The van der Waals surface area contributed by atoms with Gasteiger partial charge in [0, 0.05) is 18.5 Å². The molecule has 0 spiro atoms. The average Bonchev–Trinajstić information content (AvgIpc) is 2.94. The highest BCUT2D eigenvalue weighted by Gasteiger charge is 2.31. The lowest BCUT2D eigenvalue weighted by Gasteiger charge is -2.29. The van der Waals surface area contributed by atoms with E-state index in [-0.39, 0.29) is 30.5 Å². The number of hydrogen-bond acceptors (Lipinski definition) is 3. The number of amides is 1. The van der Waals surface area contributed by atoms with Gasteiger partial charge in [-0.3, -0.25) is 10.3 Å². The molecule has 202 valence electrons. The van der Waals surface area contributed by atoms with Crippen LogP contribution in [0.2, 0.25) is 10.0 Å². The SMILES string of the molecule is [C-]#[N+]c1c(NC(=O)OCCc2ccc(C(F)(F)F)cc2)ncc2c1-c1ccccc1C(c1ccc(Cl)c(Cl)c1)C2. The molecule has 4 aromatic rings. The molecular formula is C30H20Cl2F3N3O2. The third-order valence-corrected chi connectivity index (χ3v) is 7.48. The molecule has 5 rings (SSSR count). The number of aromatic nitrogens is 1. The Morgan fingerprint density at radius 1 is 1.07 bits per heavy atom. The molecule has 1 amide bonds. The summed E-state index contributed by atoms with van der Waals surface area (Å²) < 4.78 is 43.5. The number of anilines is 1. The van der Waals surface area contributed by atoms with Crippen molar-refractivity contribution in [1.29, 1.82) is 0 Å². The van der Waals surface area contributed by atoms with Gasteiger partial charge in [0.2, 0.25) is 5.69 Å². The van der Waals surface area contributed by atoms with Crippen LogP contribution in [0, 0.1) is 6.57 Å². The van der Waals surface area contributed by atoms with E-state index in [0.717, 1.165) is 34.4 Å². The Bertz CT molecular complexity index is 1630. The molecule has 1 heterocycles. The molecule has 0 aliphatic heterocycles. The van der Waals surface area contributed by atoms with Crippen LogP contribution in [0.5, 0.6) is 0 Å². The minimum absolute atomic E-state index is 0.0344. The minimum Gasteiger partial charge on any atom is -0.449 e. The molecule has 0 saturated heterocycles. The number of ether oxygens (including phenoxy) is 1. The van der Waals surface area contributed by atoms with E-state index in [1.54, 1.807) is 12.3 Å². The third-order valence-electron chi connectivity index (χ3n) is 6.74. The number of benzene rings is 3. The molecule has 0 bridgehead atoms. The first kappa shape index (κ1) is 27.5. The van der Waals surface area contributed by atoms with Crippen LogP contribution in [0.3, 0.4) is 0 Å². The number of nitrogens with zero attached hydrogens (tertiary/aromatic N) is 2. The van der Waals surface area contributed by atoms with Gasteiger partial charge in [0.1, 0.15) is 5.82 Å². The lowest BCUT2D eigenvalue weighted by molar-refractivity contribution is -0.137. The van der Waals surface area contributed by atoms with Gasteiger partial charge >= 0.3 is 12.3 Å². The van der Waals surface area contributed by atoms with Crippen molar-refractivity contribution in [3.05, 3.63) is 122 Å². The smallest absolute Gasteiger partial charge is 0.416 e. The topological polar surface area (TPSA) is 55.6 Å². The van der Waals surface area contributed by atoms with Crippen LogP contribution in [0.4, 0.5) is 29.5 Å². The molecule has 1 unspecified atom stereocenters. The Morgan fingerprint density at radius 3 is 2.52 bits per heavy atom. The van der Waals surface area contributed by atoms with Gasteiger partial charge in [-0.25, -0.2) is 9.64 Å². The van der Waals surface area contributed by atoms with E-state index in [1.165, 1.54) is 12.1 Å². The Hall–Kier alpha value is -4.06. The Kier molecular flexibility index (Phi) is 7.70. The lowest BCUT2D eigenvalue weighted by atomic mass is 9.76. The van der Waals surface area contributed by atoms with Crippen molar-refractivity contribution < 1.29 is 22.7 Å². The summed E-state index contributed by atoms with van der Waals surface area (Å²) in [6, 6.07) is 17.9. The van der Waals surface area contributed by atoms with Gasteiger partial charge in [0.25, 0.3) is 0 Å². The van der Waals surface area contributed by atoms with E-state index in [0.29, 0.717) is 27.6 Å².